The lowest BCUT2D eigenvalue weighted by molar-refractivity contribution is -0.105. The van der Waals surface area contributed by atoms with Crippen LogP contribution in [-0.2, 0) is 0 Å². The lowest BCUT2D eigenvalue weighted by Gasteiger charge is -2.60. The van der Waals surface area contributed by atoms with Crippen molar-refractivity contribution in [2.45, 2.75) is 38.8 Å². The van der Waals surface area contributed by atoms with Gasteiger partial charge >= 0.3 is 0 Å². The van der Waals surface area contributed by atoms with Gasteiger partial charge in [0, 0.05) is 37.3 Å². The van der Waals surface area contributed by atoms with Gasteiger partial charge in [0.1, 0.15) is 0 Å². The van der Waals surface area contributed by atoms with Crippen LogP contribution in [0.2, 0.25) is 0 Å². The van der Waals surface area contributed by atoms with Crippen LogP contribution in [0.15, 0.2) is 0 Å². The second-order valence-electron chi connectivity index (χ2n) is 5.47. The van der Waals surface area contributed by atoms with E-state index < -0.39 is 0 Å². The summed E-state index contributed by atoms with van der Waals surface area (Å²) in [5.41, 5.74) is 0.821. The Hall–Kier alpha value is -0.0800. The molecule has 2 nitrogen and oxygen atoms in total. The number of piperazine rings is 3. The van der Waals surface area contributed by atoms with E-state index in [1.165, 1.54) is 26.2 Å². The Morgan fingerprint density at radius 1 is 0.750 bits per heavy atom. The molecule has 3 aliphatic rings. The molecular weight excluding hydrogens is 148 g/mol. The molecule has 0 radical (unpaired) electrons. The molecule has 12 heavy (non-hydrogen) atoms. The quantitative estimate of drug-likeness (QED) is 0.536. The third kappa shape index (κ3) is 1.09. The van der Waals surface area contributed by atoms with Crippen molar-refractivity contribution in [3.8, 4) is 0 Å². The van der Waals surface area contributed by atoms with E-state index >= 15 is 0 Å². The first-order valence-electron chi connectivity index (χ1n) is 4.92. The number of nitrogens with zero attached hydrogens (tertiary/aromatic N) is 2. The van der Waals surface area contributed by atoms with Crippen LogP contribution >= 0.6 is 0 Å². The van der Waals surface area contributed by atoms with Gasteiger partial charge in [0.15, 0.2) is 0 Å². The van der Waals surface area contributed by atoms with Gasteiger partial charge < -0.3 is 0 Å². The number of fused-ring (bicyclic) bond motifs is 3. The molecule has 0 aromatic carbocycles. The standard InChI is InChI=1S/C10H20N2/c1-9(2)7-12-6-5-11(9)8-10(12,3)4/h5-8H2,1-4H3. The van der Waals surface area contributed by atoms with Gasteiger partial charge in [-0.1, -0.05) is 0 Å². The molecule has 2 heteroatoms. The van der Waals surface area contributed by atoms with Crippen LogP contribution in [0.4, 0.5) is 0 Å². The highest BCUT2D eigenvalue weighted by molar-refractivity contribution is 5.03. The third-order valence-electron chi connectivity index (χ3n) is 3.51. The van der Waals surface area contributed by atoms with Gasteiger partial charge in [-0.25, -0.2) is 0 Å². The van der Waals surface area contributed by atoms with Crippen LogP contribution in [-0.4, -0.2) is 47.1 Å². The highest BCUT2D eigenvalue weighted by Crippen LogP contribution is 2.33. The fraction of sp³-hybridized carbons (Fsp3) is 1.00. The largest absolute Gasteiger partial charge is 0.294 e. The maximum atomic E-state index is 2.63. The average molecular weight is 168 g/mol. The van der Waals surface area contributed by atoms with Crippen molar-refractivity contribution < 1.29 is 0 Å². The van der Waals surface area contributed by atoms with Gasteiger partial charge in [-0.2, -0.15) is 0 Å². The first-order chi connectivity index (χ1) is 5.42. The zero-order chi connectivity index (χ0) is 8.98. The summed E-state index contributed by atoms with van der Waals surface area (Å²) >= 11 is 0. The van der Waals surface area contributed by atoms with Crippen LogP contribution in [0.25, 0.3) is 0 Å². The van der Waals surface area contributed by atoms with Gasteiger partial charge in [-0.3, -0.25) is 9.80 Å². The fourth-order valence-electron chi connectivity index (χ4n) is 2.57. The van der Waals surface area contributed by atoms with E-state index in [9.17, 15) is 0 Å². The lowest BCUT2D eigenvalue weighted by Crippen LogP contribution is -2.73. The van der Waals surface area contributed by atoms with Gasteiger partial charge in [0.2, 0.25) is 0 Å². The molecule has 3 fully saturated rings. The number of rotatable bonds is 0. The zero-order valence-electron chi connectivity index (χ0n) is 8.72. The molecule has 3 saturated heterocycles. The predicted molar refractivity (Wildman–Crippen MR) is 51.3 cm³/mol. The number of hydrogen-bond donors (Lipinski definition) is 0. The first kappa shape index (κ1) is 8.52. The summed E-state index contributed by atoms with van der Waals surface area (Å²) in [6.07, 6.45) is 0. The van der Waals surface area contributed by atoms with Crippen LogP contribution in [0.3, 0.4) is 0 Å². The van der Waals surface area contributed by atoms with E-state index in [0.29, 0.717) is 11.1 Å². The van der Waals surface area contributed by atoms with E-state index in [-0.39, 0.29) is 0 Å². The Morgan fingerprint density at radius 3 is 1.25 bits per heavy atom. The summed E-state index contributed by atoms with van der Waals surface area (Å²) in [7, 11) is 0. The van der Waals surface area contributed by atoms with Crippen LogP contribution in [0.5, 0.6) is 0 Å². The smallest absolute Gasteiger partial charge is 0.0281 e. The van der Waals surface area contributed by atoms with E-state index in [4.69, 9.17) is 0 Å². The molecule has 2 atom stereocenters. The Labute approximate surface area is 75.5 Å². The van der Waals surface area contributed by atoms with Gasteiger partial charge in [0.25, 0.3) is 0 Å². The molecule has 0 saturated carbocycles. The van der Waals surface area contributed by atoms with Crippen molar-refractivity contribution in [3.05, 3.63) is 0 Å². The summed E-state index contributed by atoms with van der Waals surface area (Å²) in [6.45, 7) is 14.4. The molecule has 0 aliphatic carbocycles. The Balaban J connectivity index is 2.23. The van der Waals surface area contributed by atoms with E-state index in [1.54, 1.807) is 0 Å². The molecule has 3 aliphatic heterocycles. The van der Waals surface area contributed by atoms with Crippen molar-refractivity contribution in [3.63, 3.8) is 0 Å². The second kappa shape index (κ2) is 2.24. The molecule has 0 N–H and O–H groups in total. The number of hydrogen-bond acceptors (Lipinski definition) is 2. The summed E-state index contributed by atoms with van der Waals surface area (Å²) in [4.78, 5) is 5.26. The zero-order valence-corrected chi connectivity index (χ0v) is 8.72. The second-order valence-corrected chi connectivity index (χ2v) is 5.47. The van der Waals surface area contributed by atoms with E-state index in [1.807, 2.05) is 0 Å². The van der Waals surface area contributed by atoms with Gasteiger partial charge in [0.05, 0.1) is 0 Å². The molecule has 3 rings (SSSR count). The summed E-state index contributed by atoms with van der Waals surface area (Å²) < 4.78 is 0. The Bertz CT molecular complexity index is 174. The fourth-order valence-corrected chi connectivity index (χ4v) is 2.57. The van der Waals surface area contributed by atoms with E-state index in [0.717, 1.165) is 0 Å². The molecule has 2 bridgehead atoms. The van der Waals surface area contributed by atoms with E-state index in [2.05, 4.69) is 37.5 Å². The molecule has 0 amide bonds. The normalized spacial score (nSPS) is 43.0. The van der Waals surface area contributed by atoms with Crippen LogP contribution in [0, 0.1) is 0 Å². The minimum atomic E-state index is 0.410. The minimum absolute atomic E-state index is 0.410. The summed E-state index contributed by atoms with van der Waals surface area (Å²) in [5.74, 6) is 0. The monoisotopic (exact) mass is 168 g/mol. The van der Waals surface area contributed by atoms with Crippen molar-refractivity contribution in [2.24, 2.45) is 0 Å². The van der Waals surface area contributed by atoms with Crippen molar-refractivity contribution in [1.29, 1.82) is 0 Å². The van der Waals surface area contributed by atoms with Gasteiger partial charge in [-0.05, 0) is 27.7 Å². The Morgan fingerprint density at radius 2 is 1.08 bits per heavy atom. The lowest BCUT2D eigenvalue weighted by atomic mass is 9.86. The molecule has 0 aromatic heterocycles. The van der Waals surface area contributed by atoms with Crippen molar-refractivity contribution >= 4 is 0 Å². The summed E-state index contributed by atoms with van der Waals surface area (Å²) in [5, 5.41) is 0. The molecule has 0 aromatic rings. The van der Waals surface area contributed by atoms with Crippen molar-refractivity contribution in [2.75, 3.05) is 26.2 Å². The summed E-state index contributed by atoms with van der Waals surface area (Å²) in [6, 6.07) is 0. The first-order valence-corrected chi connectivity index (χ1v) is 4.92. The average Bonchev–Trinajstić information content (AvgIpc) is 1.90. The molecule has 3 heterocycles. The molecular formula is C10H20N2. The minimum Gasteiger partial charge on any atom is -0.294 e. The van der Waals surface area contributed by atoms with Crippen LogP contribution in [0.1, 0.15) is 27.7 Å². The highest BCUT2D eigenvalue weighted by Gasteiger charge is 2.46. The van der Waals surface area contributed by atoms with Crippen LogP contribution < -0.4 is 0 Å². The molecule has 70 valence electrons. The van der Waals surface area contributed by atoms with Crippen molar-refractivity contribution in [1.82, 2.24) is 9.80 Å². The molecule has 2 unspecified atom stereocenters. The maximum absolute atomic E-state index is 2.63. The van der Waals surface area contributed by atoms with Gasteiger partial charge in [-0.15, -0.1) is 0 Å². The topological polar surface area (TPSA) is 6.48 Å². The third-order valence-corrected chi connectivity index (χ3v) is 3.51. The molecule has 0 spiro atoms. The predicted octanol–water partition coefficient (Wildman–Crippen LogP) is 1.17. The SMILES string of the molecule is CC1(C)CN2CCN1CC2(C)C. The Kier molecular flexibility index (Phi) is 1.59. The highest BCUT2D eigenvalue weighted by atomic mass is 15.4. The maximum Gasteiger partial charge on any atom is 0.0281 e.